The summed E-state index contributed by atoms with van der Waals surface area (Å²) in [4.78, 5) is 7.66. The third-order valence-corrected chi connectivity index (χ3v) is 10.3. The highest BCUT2D eigenvalue weighted by Crippen LogP contribution is 2.46. The molecule has 0 spiro atoms. The first-order valence-electron chi connectivity index (χ1n) is 17.2. The summed E-state index contributed by atoms with van der Waals surface area (Å²) in [5.74, 6) is 0.624. The summed E-state index contributed by atoms with van der Waals surface area (Å²) in [7, 11) is 0. The second-order valence-electron chi connectivity index (χ2n) is 13.1. The molecule has 0 aliphatic heterocycles. The van der Waals surface area contributed by atoms with E-state index in [2.05, 4.69) is 163 Å². The summed E-state index contributed by atoms with van der Waals surface area (Å²) in [5, 5.41) is 11.1. The van der Waals surface area contributed by atoms with Crippen LogP contribution in [0.2, 0.25) is 0 Å². The van der Waals surface area contributed by atoms with Crippen molar-refractivity contribution < 1.29 is 8.83 Å². The summed E-state index contributed by atoms with van der Waals surface area (Å²) < 4.78 is 13.0. The Balaban J connectivity index is 1.21. The fourth-order valence-electron chi connectivity index (χ4n) is 7.99. The first-order chi connectivity index (χ1) is 25.3. The lowest BCUT2D eigenvalue weighted by atomic mass is 9.94. The molecule has 0 amide bonds. The summed E-state index contributed by atoms with van der Waals surface area (Å²) in [6.07, 6.45) is 0. The molecule has 0 unspecified atom stereocenters. The van der Waals surface area contributed by atoms with E-state index in [1.54, 1.807) is 0 Å². The number of hydrogen-bond donors (Lipinski definition) is 0. The first kappa shape index (κ1) is 28.0. The van der Waals surface area contributed by atoms with Gasteiger partial charge >= 0.3 is 0 Å². The SMILES string of the molecule is c1ccc(N(c2ccc3oc4ccccc4c3c2)c2cccc3c2ccc2c4ccccc4c4oc(-c5cccc6ccccc56)nc4c32)cc1. The standard InChI is InChI=1S/C47H28N2O2/c1-2-14-30(15-3-1)49(31-24-27-43-40(28-31)35-18-8-9-23-42(35)50-43)41-22-11-20-36-34(41)25-26-37-33-17-6-7-19-38(33)46-45(44(36)37)48-47(51-46)39-21-10-13-29-12-4-5-16-32(29)39/h1-28H. The van der Waals surface area contributed by atoms with Crippen molar-refractivity contribution in [2.24, 2.45) is 0 Å². The predicted molar refractivity (Wildman–Crippen MR) is 211 cm³/mol. The van der Waals surface area contributed by atoms with Gasteiger partial charge in [-0.25, -0.2) is 4.98 Å². The van der Waals surface area contributed by atoms with Crippen LogP contribution in [0.4, 0.5) is 17.1 Å². The largest absolute Gasteiger partial charge is 0.456 e. The van der Waals surface area contributed by atoms with E-state index >= 15 is 0 Å². The Hall–Kier alpha value is -6.91. The van der Waals surface area contributed by atoms with Crippen LogP contribution in [0, 0.1) is 0 Å². The quantitative estimate of drug-likeness (QED) is 0.177. The van der Waals surface area contributed by atoms with E-state index in [0.29, 0.717) is 5.89 Å². The minimum atomic E-state index is 0.624. The Morgan fingerprint density at radius 1 is 0.412 bits per heavy atom. The number of hydrogen-bond acceptors (Lipinski definition) is 4. The van der Waals surface area contributed by atoms with Crippen molar-refractivity contribution in [2.45, 2.75) is 0 Å². The molecule has 0 atom stereocenters. The van der Waals surface area contributed by atoms with Crippen molar-refractivity contribution in [2.75, 3.05) is 4.90 Å². The zero-order chi connectivity index (χ0) is 33.5. The smallest absolute Gasteiger partial charge is 0.227 e. The van der Waals surface area contributed by atoms with Crippen LogP contribution in [0.5, 0.6) is 0 Å². The minimum Gasteiger partial charge on any atom is -0.456 e. The lowest BCUT2D eigenvalue weighted by molar-refractivity contribution is 0.624. The number of fused-ring (bicyclic) bond motifs is 12. The van der Waals surface area contributed by atoms with Crippen LogP contribution in [0.15, 0.2) is 179 Å². The summed E-state index contributed by atoms with van der Waals surface area (Å²) in [6.45, 7) is 0. The van der Waals surface area contributed by atoms with Gasteiger partial charge in [0.15, 0.2) is 5.58 Å². The van der Waals surface area contributed by atoms with E-state index in [9.17, 15) is 0 Å². The molecule has 0 radical (unpaired) electrons. The van der Waals surface area contributed by atoms with Crippen molar-refractivity contribution in [3.8, 4) is 11.5 Å². The van der Waals surface area contributed by atoms with E-state index in [1.807, 2.05) is 12.1 Å². The number of furan rings is 1. The third kappa shape index (κ3) is 4.17. The molecule has 0 saturated carbocycles. The molecule has 0 fully saturated rings. The van der Waals surface area contributed by atoms with E-state index < -0.39 is 0 Å². The van der Waals surface area contributed by atoms with Crippen molar-refractivity contribution in [3.05, 3.63) is 170 Å². The molecule has 0 aliphatic carbocycles. The van der Waals surface area contributed by atoms with Crippen molar-refractivity contribution in [1.29, 1.82) is 0 Å². The molecule has 0 N–H and O–H groups in total. The molecular formula is C47H28N2O2. The van der Waals surface area contributed by atoms with E-state index in [0.717, 1.165) is 98.8 Å². The number of nitrogens with zero attached hydrogens (tertiary/aromatic N) is 2. The number of rotatable bonds is 4. The fraction of sp³-hybridized carbons (Fsp3) is 0. The van der Waals surface area contributed by atoms with Gasteiger partial charge in [-0.3, -0.25) is 0 Å². The molecule has 2 heterocycles. The van der Waals surface area contributed by atoms with Crippen LogP contribution in [0.1, 0.15) is 0 Å². The molecule has 2 aromatic heterocycles. The average molecular weight is 653 g/mol. The lowest BCUT2D eigenvalue weighted by Gasteiger charge is -2.27. The summed E-state index contributed by atoms with van der Waals surface area (Å²) in [5.41, 5.74) is 7.62. The molecule has 4 nitrogen and oxygen atoms in total. The maximum Gasteiger partial charge on any atom is 0.227 e. The normalized spacial score (nSPS) is 11.9. The highest BCUT2D eigenvalue weighted by atomic mass is 16.3. The van der Waals surface area contributed by atoms with E-state index in [-0.39, 0.29) is 0 Å². The maximum atomic E-state index is 6.79. The van der Waals surface area contributed by atoms with Gasteiger partial charge in [-0.2, -0.15) is 0 Å². The minimum absolute atomic E-state index is 0.624. The number of aromatic nitrogens is 1. The molecule has 11 aromatic rings. The van der Waals surface area contributed by atoms with Crippen molar-refractivity contribution >= 4 is 93.2 Å². The summed E-state index contributed by atoms with van der Waals surface area (Å²) in [6, 6.07) is 59.6. The number of oxazole rings is 1. The highest BCUT2D eigenvalue weighted by Gasteiger charge is 2.22. The van der Waals surface area contributed by atoms with Crippen LogP contribution < -0.4 is 4.90 Å². The molecule has 0 saturated heterocycles. The molecular weight excluding hydrogens is 625 g/mol. The van der Waals surface area contributed by atoms with Crippen LogP contribution >= 0.6 is 0 Å². The van der Waals surface area contributed by atoms with Gasteiger partial charge in [-0.1, -0.05) is 121 Å². The monoisotopic (exact) mass is 652 g/mol. The molecule has 9 aromatic carbocycles. The highest BCUT2D eigenvalue weighted by molar-refractivity contribution is 6.30. The molecule has 4 heteroatoms. The Bertz CT molecular complexity index is 3150. The van der Waals surface area contributed by atoms with Gasteiger partial charge in [0, 0.05) is 43.9 Å². The van der Waals surface area contributed by atoms with Gasteiger partial charge in [0.1, 0.15) is 16.7 Å². The zero-order valence-electron chi connectivity index (χ0n) is 27.4. The van der Waals surface area contributed by atoms with Crippen LogP contribution in [-0.2, 0) is 0 Å². The maximum absolute atomic E-state index is 6.79. The van der Waals surface area contributed by atoms with Crippen LogP contribution in [-0.4, -0.2) is 4.98 Å². The molecule has 238 valence electrons. The first-order valence-corrected chi connectivity index (χ1v) is 17.2. The van der Waals surface area contributed by atoms with Crippen molar-refractivity contribution in [1.82, 2.24) is 4.98 Å². The molecule has 0 bridgehead atoms. The van der Waals surface area contributed by atoms with Gasteiger partial charge in [0.25, 0.3) is 0 Å². The average Bonchev–Trinajstić information content (AvgIpc) is 3.81. The molecule has 11 rings (SSSR count). The predicted octanol–water partition coefficient (Wildman–Crippen LogP) is 13.5. The Morgan fingerprint density at radius 2 is 1.08 bits per heavy atom. The van der Waals surface area contributed by atoms with Crippen LogP contribution in [0.25, 0.3) is 87.6 Å². The Morgan fingerprint density at radius 3 is 1.98 bits per heavy atom. The summed E-state index contributed by atoms with van der Waals surface area (Å²) >= 11 is 0. The number of para-hydroxylation sites is 2. The zero-order valence-corrected chi connectivity index (χ0v) is 27.4. The lowest BCUT2D eigenvalue weighted by Crippen LogP contribution is -2.10. The van der Waals surface area contributed by atoms with Gasteiger partial charge < -0.3 is 13.7 Å². The Kier molecular flexibility index (Phi) is 5.92. The fourth-order valence-corrected chi connectivity index (χ4v) is 7.99. The van der Waals surface area contributed by atoms with Gasteiger partial charge in [-0.15, -0.1) is 0 Å². The van der Waals surface area contributed by atoms with Gasteiger partial charge in [-0.05, 0) is 75.5 Å². The third-order valence-electron chi connectivity index (χ3n) is 10.3. The number of anilines is 3. The van der Waals surface area contributed by atoms with Crippen molar-refractivity contribution in [3.63, 3.8) is 0 Å². The topological polar surface area (TPSA) is 42.4 Å². The van der Waals surface area contributed by atoms with Crippen LogP contribution in [0.3, 0.4) is 0 Å². The molecule has 0 aliphatic rings. The van der Waals surface area contributed by atoms with Gasteiger partial charge in [0.2, 0.25) is 5.89 Å². The second kappa shape index (κ2) is 10.8. The number of benzene rings is 9. The van der Waals surface area contributed by atoms with E-state index in [4.69, 9.17) is 13.8 Å². The Labute approximate surface area is 292 Å². The molecule has 51 heavy (non-hydrogen) atoms. The van der Waals surface area contributed by atoms with Gasteiger partial charge in [0.05, 0.1) is 5.69 Å². The second-order valence-corrected chi connectivity index (χ2v) is 13.1. The van der Waals surface area contributed by atoms with E-state index in [1.165, 1.54) is 0 Å².